The van der Waals surface area contributed by atoms with E-state index in [1.807, 2.05) is 0 Å². The number of aliphatic hydroxyl groups is 1. The molecule has 0 saturated heterocycles. The van der Waals surface area contributed by atoms with Crippen LogP contribution in [0.15, 0.2) is 36.7 Å². The average molecular weight is 517 g/mol. The van der Waals surface area contributed by atoms with Crippen molar-refractivity contribution >= 4 is 5.91 Å². The van der Waals surface area contributed by atoms with Gasteiger partial charge in [0, 0.05) is 36.1 Å². The number of aliphatic hydroxyl groups excluding tert-OH is 1. The van der Waals surface area contributed by atoms with Crippen molar-refractivity contribution in [1.82, 2.24) is 19.7 Å². The van der Waals surface area contributed by atoms with Gasteiger partial charge in [0.05, 0.1) is 37.6 Å². The molecule has 1 aliphatic carbocycles. The van der Waals surface area contributed by atoms with E-state index >= 15 is 0 Å². The van der Waals surface area contributed by atoms with Crippen LogP contribution in [0.25, 0.3) is 11.1 Å². The Morgan fingerprint density at radius 2 is 1.97 bits per heavy atom. The minimum absolute atomic E-state index is 0.0546. The molecular weight excluding hydrogens is 489 g/mol. The largest absolute Gasteiger partial charge is 0.497 e. The molecule has 3 heterocycles. The summed E-state index contributed by atoms with van der Waals surface area (Å²) in [6, 6.07) is 6.10. The van der Waals surface area contributed by atoms with Gasteiger partial charge in [0.25, 0.3) is 5.91 Å². The Hall–Kier alpha value is -3.60. The number of amides is 1. The topological polar surface area (TPSA) is 89.7 Å². The lowest BCUT2D eigenvalue weighted by Crippen LogP contribution is -2.37. The number of ether oxygens (including phenoxy) is 2. The second-order valence-electron chi connectivity index (χ2n) is 9.17. The minimum Gasteiger partial charge on any atom is -0.497 e. The van der Waals surface area contributed by atoms with Gasteiger partial charge in [-0.15, -0.1) is 0 Å². The molecule has 1 atom stereocenters. The maximum Gasteiger partial charge on any atom is 0.435 e. The third kappa shape index (κ3) is 4.75. The van der Waals surface area contributed by atoms with Crippen molar-refractivity contribution in [1.29, 1.82) is 0 Å². The summed E-state index contributed by atoms with van der Waals surface area (Å²) in [5, 5.41) is 13.6. The lowest BCUT2D eigenvalue weighted by atomic mass is 9.96. The number of carbonyl (C=O) groups excluding carboxylic acids is 1. The third-order valence-corrected chi connectivity index (χ3v) is 6.74. The molecule has 1 N–H and O–H groups in total. The summed E-state index contributed by atoms with van der Waals surface area (Å²) in [6.45, 7) is 1.77. The standard InChI is InChI=1S/C26H27F3N4O4/c1-3-32-13-20(24(31-32)26(27,28)29)18-10-15(14-34)11-19-23(18)37-9-8-33(25(19)35)22(16-4-5-16)21-12-17(36-2)6-7-30-21/h6-7,10-13,16,22,34H,3-5,8-9,14H2,1-2H3/t22-/m0/s1. The monoisotopic (exact) mass is 516 g/mol. The molecule has 1 saturated carbocycles. The van der Waals surface area contributed by atoms with Crippen LogP contribution in [-0.2, 0) is 19.3 Å². The number of aromatic nitrogens is 3. The van der Waals surface area contributed by atoms with E-state index in [-0.39, 0.29) is 60.0 Å². The normalized spacial score (nSPS) is 16.7. The van der Waals surface area contributed by atoms with Crippen molar-refractivity contribution in [3.63, 3.8) is 0 Å². The fourth-order valence-corrected chi connectivity index (χ4v) is 4.84. The first-order valence-electron chi connectivity index (χ1n) is 12.1. The van der Waals surface area contributed by atoms with Crippen molar-refractivity contribution in [2.45, 2.75) is 45.1 Å². The van der Waals surface area contributed by atoms with Crippen LogP contribution in [-0.4, -0.2) is 50.9 Å². The second-order valence-corrected chi connectivity index (χ2v) is 9.17. The van der Waals surface area contributed by atoms with Crippen LogP contribution >= 0.6 is 0 Å². The van der Waals surface area contributed by atoms with Crippen molar-refractivity contribution in [2.75, 3.05) is 20.3 Å². The number of carbonyl (C=O) groups is 1. The Morgan fingerprint density at radius 1 is 1.22 bits per heavy atom. The molecule has 2 aliphatic rings. The zero-order chi connectivity index (χ0) is 26.3. The fourth-order valence-electron chi connectivity index (χ4n) is 4.84. The highest BCUT2D eigenvalue weighted by molar-refractivity contribution is 6.00. The minimum atomic E-state index is -4.71. The van der Waals surface area contributed by atoms with Crippen molar-refractivity contribution in [3.05, 3.63) is 59.2 Å². The van der Waals surface area contributed by atoms with E-state index in [0.717, 1.165) is 12.8 Å². The SMILES string of the molecule is CCn1cc(-c2cc(CO)cc3c2OCCN([C@H](c2cc(OC)ccn2)C2CC2)C3=O)c(C(F)(F)F)n1. The predicted octanol–water partition coefficient (Wildman–Crippen LogP) is 4.47. The van der Waals surface area contributed by atoms with Crippen LogP contribution in [0.2, 0.25) is 0 Å². The Labute approximate surface area is 211 Å². The molecular formula is C26H27F3N4O4. The van der Waals surface area contributed by atoms with Crippen LogP contribution in [0.3, 0.4) is 0 Å². The van der Waals surface area contributed by atoms with Gasteiger partial charge in [-0.05, 0) is 49.4 Å². The third-order valence-electron chi connectivity index (χ3n) is 6.74. The molecule has 3 aromatic rings. The van der Waals surface area contributed by atoms with Crippen LogP contribution in [0.5, 0.6) is 11.5 Å². The molecule has 1 fully saturated rings. The Bertz CT molecular complexity index is 1320. The first kappa shape index (κ1) is 25.1. The maximum atomic E-state index is 14.0. The highest BCUT2D eigenvalue weighted by atomic mass is 19.4. The number of alkyl halides is 3. The molecule has 0 radical (unpaired) electrons. The van der Waals surface area contributed by atoms with Crippen LogP contribution in [0.1, 0.15) is 53.1 Å². The molecule has 0 spiro atoms. The van der Waals surface area contributed by atoms with Gasteiger partial charge in [0.15, 0.2) is 5.69 Å². The van der Waals surface area contributed by atoms with Gasteiger partial charge >= 0.3 is 6.18 Å². The molecule has 37 heavy (non-hydrogen) atoms. The van der Waals surface area contributed by atoms with Gasteiger partial charge in [-0.1, -0.05) is 0 Å². The molecule has 196 valence electrons. The lowest BCUT2D eigenvalue weighted by molar-refractivity contribution is -0.141. The van der Waals surface area contributed by atoms with Gasteiger partial charge in [-0.3, -0.25) is 14.5 Å². The quantitative estimate of drug-likeness (QED) is 0.499. The summed E-state index contributed by atoms with van der Waals surface area (Å²) in [6.07, 6.45) is 0.0571. The van der Waals surface area contributed by atoms with Gasteiger partial charge in [0.2, 0.25) is 0 Å². The Balaban J connectivity index is 1.63. The number of nitrogens with zero attached hydrogens (tertiary/aromatic N) is 4. The molecule has 0 unspecified atom stereocenters. The van der Waals surface area contributed by atoms with Gasteiger partial charge in [-0.25, -0.2) is 0 Å². The summed E-state index contributed by atoms with van der Waals surface area (Å²) in [4.78, 5) is 20.2. The van der Waals surface area contributed by atoms with E-state index in [1.165, 1.54) is 23.0 Å². The number of halogens is 3. The molecule has 1 aliphatic heterocycles. The highest BCUT2D eigenvalue weighted by Gasteiger charge is 2.43. The molecule has 8 nitrogen and oxygen atoms in total. The Morgan fingerprint density at radius 3 is 2.62 bits per heavy atom. The number of fused-ring (bicyclic) bond motifs is 1. The number of benzene rings is 1. The number of rotatable bonds is 7. The maximum absolute atomic E-state index is 14.0. The number of hydrogen-bond donors (Lipinski definition) is 1. The first-order valence-corrected chi connectivity index (χ1v) is 12.1. The summed E-state index contributed by atoms with van der Waals surface area (Å²) in [5.41, 5.74) is -0.111. The summed E-state index contributed by atoms with van der Waals surface area (Å²) in [5.74, 6) is 0.485. The van der Waals surface area contributed by atoms with E-state index in [4.69, 9.17) is 9.47 Å². The summed E-state index contributed by atoms with van der Waals surface area (Å²) < 4.78 is 54.3. The Kier molecular flexibility index (Phi) is 6.57. The second kappa shape index (κ2) is 9.70. The smallest absolute Gasteiger partial charge is 0.435 e. The van der Waals surface area contributed by atoms with E-state index < -0.39 is 18.5 Å². The van der Waals surface area contributed by atoms with Crippen molar-refractivity contribution in [2.24, 2.45) is 5.92 Å². The average Bonchev–Trinajstić information content (AvgIpc) is 3.65. The molecule has 1 aromatic carbocycles. The van der Waals surface area contributed by atoms with Crippen LogP contribution < -0.4 is 9.47 Å². The lowest BCUT2D eigenvalue weighted by Gasteiger charge is -2.30. The van der Waals surface area contributed by atoms with Crippen LogP contribution in [0, 0.1) is 5.92 Å². The number of methoxy groups -OCH3 is 1. The molecule has 11 heteroatoms. The van der Waals surface area contributed by atoms with Crippen molar-refractivity contribution < 1.29 is 32.5 Å². The van der Waals surface area contributed by atoms with E-state index in [0.29, 0.717) is 17.0 Å². The van der Waals surface area contributed by atoms with Gasteiger partial charge in [0.1, 0.15) is 18.1 Å². The van der Waals surface area contributed by atoms with Crippen molar-refractivity contribution in [3.8, 4) is 22.6 Å². The fraction of sp³-hybridized carbons (Fsp3) is 0.423. The van der Waals surface area contributed by atoms with Crippen LogP contribution in [0.4, 0.5) is 13.2 Å². The molecule has 5 rings (SSSR count). The number of pyridine rings is 1. The zero-order valence-corrected chi connectivity index (χ0v) is 20.5. The molecule has 1 amide bonds. The first-order chi connectivity index (χ1) is 17.7. The number of hydrogen-bond acceptors (Lipinski definition) is 6. The van der Waals surface area contributed by atoms with E-state index in [9.17, 15) is 23.1 Å². The molecule has 0 bridgehead atoms. The molecule has 2 aromatic heterocycles. The highest BCUT2D eigenvalue weighted by Crippen LogP contribution is 2.47. The van der Waals surface area contributed by atoms with Gasteiger partial charge < -0.3 is 19.5 Å². The summed E-state index contributed by atoms with van der Waals surface area (Å²) in [7, 11) is 1.56. The van der Waals surface area contributed by atoms with E-state index in [1.54, 1.807) is 37.3 Å². The summed E-state index contributed by atoms with van der Waals surface area (Å²) >= 11 is 0. The predicted molar refractivity (Wildman–Crippen MR) is 127 cm³/mol. The zero-order valence-electron chi connectivity index (χ0n) is 20.5. The van der Waals surface area contributed by atoms with E-state index in [2.05, 4.69) is 10.1 Å². The number of aryl methyl sites for hydroxylation is 1. The van der Waals surface area contributed by atoms with Gasteiger partial charge in [-0.2, -0.15) is 18.3 Å².